The van der Waals surface area contributed by atoms with Gasteiger partial charge in [-0.2, -0.15) is 0 Å². The first-order valence-electron chi connectivity index (χ1n) is 11.6. The second kappa shape index (κ2) is 6.45. The van der Waals surface area contributed by atoms with Gasteiger partial charge in [0.2, 0.25) is 5.52 Å². The van der Waals surface area contributed by atoms with E-state index in [0.29, 0.717) is 5.69 Å². The predicted molar refractivity (Wildman–Crippen MR) is 139 cm³/mol. The molecule has 0 saturated carbocycles. The molecule has 3 heteroatoms. The number of rotatable bonds is 1. The lowest BCUT2D eigenvalue weighted by Gasteiger charge is -2.20. The summed E-state index contributed by atoms with van der Waals surface area (Å²) in [5.41, 5.74) is 9.77. The minimum Gasteiger partial charge on any atom is -0.309 e. The molecule has 0 aliphatic carbocycles. The van der Waals surface area contributed by atoms with Crippen molar-refractivity contribution >= 4 is 54.7 Å². The molecule has 0 amide bonds. The van der Waals surface area contributed by atoms with E-state index in [0.717, 1.165) is 11.9 Å². The number of hydrogen-bond acceptors (Lipinski definition) is 0. The molecule has 0 unspecified atom stereocenters. The van der Waals surface area contributed by atoms with E-state index in [-0.39, 0.29) is 5.41 Å². The number of pyridine rings is 2. The number of aromatic nitrogens is 2. The van der Waals surface area contributed by atoms with Gasteiger partial charge in [0, 0.05) is 22.4 Å². The highest BCUT2D eigenvalue weighted by molar-refractivity contribution is 6.26. The Hall–Kier alpha value is -3.64. The van der Waals surface area contributed by atoms with E-state index in [2.05, 4.69) is 98.1 Å². The van der Waals surface area contributed by atoms with Crippen molar-refractivity contribution in [2.24, 2.45) is 12.5 Å². The van der Waals surface area contributed by atoms with Crippen LogP contribution in [-0.4, -0.2) is 4.40 Å². The van der Waals surface area contributed by atoms with Crippen molar-refractivity contribution in [2.45, 2.75) is 41.0 Å². The fourth-order valence-electron chi connectivity index (χ4n) is 5.74. The molecular weight excluding hydrogens is 402 g/mol. The molecule has 3 nitrogen and oxygen atoms in total. The highest BCUT2D eigenvalue weighted by Crippen LogP contribution is 2.43. The molecule has 3 aromatic heterocycles. The van der Waals surface area contributed by atoms with E-state index >= 15 is 0 Å². The van der Waals surface area contributed by atoms with Crippen molar-refractivity contribution in [2.75, 3.05) is 0 Å². The van der Waals surface area contributed by atoms with Gasteiger partial charge in [0.15, 0.2) is 11.9 Å². The molecule has 6 aromatic rings. The Labute approximate surface area is 194 Å². The average molecular weight is 431 g/mol. The number of benzene rings is 3. The van der Waals surface area contributed by atoms with Gasteiger partial charge in [0.25, 0.3) is 0 Å². The van der Waals surface area contributed by atoms with Crippen LogP contribution in [0.2, 0.25) is 0 Å². The second-order valence-corrected chi connectivity index (χ2v) is 10.8. The summed E-state index contributed by atoms with van der Waals surface area (Å²) >= 11 is 0. The zero-order valence-electron chi connectivity index (χ0n) is 20.2. The topological polar surface area (TPSA) is 12.6 Å². The molecule has 0 spiro atoms. The Kier molecular flexibility index (Phi) is 3.91. The summed E-state index contributed by atoms with van der Waals surface area (Å²) in [7, 11) is 2.16. The van der Waals surface area contributed by atoms with Crippen LogP contribution in [0.4, 0.5) is 5.69 Å². The molecule has 0 aliphatic heterocycles. The lowest BCUT2D eigenvalue weighted by Crippen LogP contribution is -2.29. The van der Waals surface area contributed by atoms with Gasteiger partial charge in [-0.3, -0.25) is 0 Å². The van der Waals surface area contributed by atoms with Gasteiger partial charge in [-0.05, 0) is 66.0 Å². The smallest absolute Gasteiger partial charge is 0.224 e. The van der Waals surface area contributed by atoms with Crippen molar-refractivity contribution in [3.63, 3.8) is 0 Å². The van der Waals surface area contributed by atoms with Gasteiger partial charge in [-0.1, -0.05) is 39.0 Å². The number of nitrogens with zero attached hydrogens (tertiary/aromatic N) is 3. The van der Waals surface area contributed by atoms with E-state index in [1.165, 1.54) is 60.2 Å². The molecule has 0 fully saturated rings. The summed E-state index contributed by atoms with van der Waals surface area (Å²) in [6.07, 6.45) is 3.22. The summed E-state index contributed by atoms with van der Waals surface area (Å²) < 4.78 is 4.71. The molecule has 0 radical (unpaired) electrons. The largest absolute Gasteiger partial charge is 0.309 e. The van der Waals surface area contributed by atoms with Crippen LogP contribution in [-0.2, 0) is 13.5 Å². The van der Waals surface area contributed by atoms with Crippen molar-refractivity contribution in [1.29, 1.82) is 0 Å². The summed E-state index contributed by atoms with van der Waals surface area (Å²) in [6, 6.07) is 15.5. The quantitative estimate of drug-likeness (QED) is 0.110. The third kappa shape index (κ3) is 2.70. The molecule has 3 aromatic carbocycles. The van der Waals surface area contributed by atoms with Crippen LogP contribution in [0.3, 0.4) is 0 Å². The van der Waals surface area contributed by atoms with Crippen LogP contribution in [0.25, 0.3) is 53.8 Å². The Balaban J connectivity index is 1.99. The molecule has 0 N–H and O–H groups in total. The SMILES string of the molecule is [C-]#[N+]c1ccc2c3cc(C)c(C)c4c3n(c2c1)c1cc(CC(C)(C)C)cc2cc[n+](C)c4c21. The highest BCUT2D eigenvalue weighted by atomic mass is 15.0. The zero-order valence-corrected chi connectivity index (χ0v) is 20.2. The third-order valence-electron chi connectivity index (χ3n) is 7.17. The molecule has 162 valence electrons. The van der Waals surface area contributed by atoms with Gasteiger partial charge in [-0.25, -0.2) is 9.41 Å². The van der Waals surface area contributed by atoms with Crippen LogP contribution in [0, 0.1) is 25.8 Å². The Bertz CT molecular complexity index is 1800. The maximum absolute atomic E-state index is 7.61. The van der Waals surface area contributed by atoms with Crippen molar-refractivity contribution in [3.05, 3.63) is 76.8 Å². The van der Waals surface area contributed by atoms with Gasteiger partial charge in [0.05, 0.1) is 28.4 Å². The molecule has 6 rings (SSSR count). The molecule has 0 bridgehead atoms. The van der Waals surface area contributed by atoms with Gasteiger partial charge in [-0.15, -0.1) is 0 Å². The fraction of sp³-hybridized carbons (Fsp3) is 0.267. The van der Waals surface area contributed by atoms with E-state index in [1.54, 1.807) is 0 Å². The predicted octanol–water partition coefficient (Wildman–Crippen LogP) is 7.57. The summed E-state index contributed by atoms with van der Waals surface area (Å²) in [5, 5.41) is 6.37. The summed E-state index contributed by atoms with van der Waals surface area (Å²) in [5.74, 6) is 0. The number of hydrogen-bond donors (Lipinski definition) is 0. The first-order chi connectivity index (χ1) is 15.7. The first-order valence-corrected chi connectivity index (χ1v) is 11.6. The minimum absolute atomic E-state index is 0.203. The maximum atomic E-state index is 7.61. The zero-order chi connectivity index (χ0) is 23.2. The van der Waals surface area contributed by atoms with Gasteiger partial charge >= 0.3 is 0 Å². The summed E-state index contributed by atoms with van der Waals surface area (Å²) in [4.78, 5) is 3.75. The first kappa shape index (κ1) is 20.0. The van der Waals surface area contributed by atoms with E-state index in [4.69, 9.17) is 6.57 Å². The highest BCUT2D eigenvalue weighted by Gasteiger charge is 2.25. The fourth-order valence-corrected chi connectivity index (χ4v) is 5.74. The third-order valence-corrected chi connectivity index (χ3v) is 7.17. The van der Waals surface area contributed by atoms with Crippen LogP contribution in [0.5, 0.6) is 0 Å². The van der Waals surface area contributed by atoms with Gasteiger partial charge < -0.3 is 4.40 Å². The Morgan fingerprint density at radius 3 is 2.45 bits per heavy atom. The normalized spacial score (nSPS) is 12.6. The Morgan fingerprint density at radius 1 is 0.939 bits per heavy atom. The van der Waals surface area contributed by atoms with Crippen LogP contribution in [0.1, 0.15) is 37.5 Å². The molecule has 0 aliphatic rings. The van der Waals surface area contributed by atoms with Gasteiger partial charge in [0.1, 0.15) is 7.05 Å². The van der Waals surface area contributed by atoms with Crippen LogP contribution < -0.4 is 4.57 Å². The van der Waals surface area contributed by atoms with E-state index in [1.807, 2.05) is 6.07 Å². The van der Waals surface area contributed by atoms with E-state index < -0.39 is 0 Å². The average Bonchev–Trinajstić information content (AvgIpc) is 3.07. The standard InChI is InChI=1S/C30H28N3/c1-17-12-23-22-9-8-21(31-6)15-24(22)33-25-14-19(16-30(3,4)5)13-20-10-11-32(7)29(27(20)25)26(18(17)2)28(23)33/h8-15H,16H2,1-5,7H3/q+1. The molecular formula is C30H28N3+. The summed E-state index contributed by atoms with van der Waals surface area (Å²) in [6.45, 7) is 19.0. The van der Waals surface area contributed by atoms with Crippen molar-refractivity contribution in [1.82, 2.24) is 4.40 Å². The molecule has 0 atom stereocenters. The number of aryl methyl sites for hydroxylation is 3. The second-order valence-electron chi connectivity index (χ2n) is 10.8. The Morgan fingerprint density at radius 2 is 1.73 bits per heavy atom. The van der Waals surface area contributed by atoms with Crippen LogP contribution >= 0.6 is 0 Å². The molecule has 33 heavy (non-hydrogen) atoms. The van der Waals surface area contributed by atoms with Crippen molar-refractivity contribution < 1.29 is 4.57 Å². The maximum Gasteiger partial charge on any atom is 0.224 e. The molecule has 3 heterocycles. The van der Waals surface area contributed by atoms with E-state index in [9.17, 15) is 0 Å². The minimum atomic E-state index is 0.203. The molecule has 0 saturated heterocycles. The lowest BCUT2D eigenvalue weighted by molar-refractivity contribution is -0.643. The lowest BCUT2D eigenvalue weighted by atomic mass is 9.87. The van der Waals surface area contributed by atoms with Crippen molar-refractivity contribution in [3.8, 4) is 0 Å². The van der Waals surface area contributed by atoms with Crippen LogP contribution in [0.15, 0.2) is 48.7 Å². The number of fused-ring (bicyclic) bond motifs is 5. The monoisotopic (exact) mass is 430 g/mol.